The minimum Gasteiger partial charge on any atom is -0.463 e. The zero-order valence-electron chi connectivity index (χ0n) is 37.4. The number of rotatable bonds is 43. The Kier molecular flexibility index (Phi) is 43.0. The number of hydrogen-bond donors (Lipinski definition) is 3. The highest BCUT2D eigenvalue weighted by atomic mass is 31.2. The highest BCUT2D eigenvalue weighted by Gasteiger charge is 2.23. The zero-order chi connectivity index (χ0) is 43.2. The van der Waals surface area contributed by atoms with Gasteiger partial charge >= 0.3 is 13.8 Å². The zero-order valence-corrected chi connectivity index (χ0v) is 38.3. The van der Waals surface area contributed by atoms with Crippen molar-refractivity contribution in [2.75, 3.05) is 26.4 Å². The molecule has 0 aliphatic carbocycles. The van der Waals surface area contributed by atoms with E-state index in [-0.39, 0.29) is 32.1 Å². The van der Waals surface area contributed by atoms with E-state index in [0.717, 1.165) is 77.0 Å². The predicted molar refractivity (Wildman–Crippen MR) is 247 cm³/mol. The van der Waals surface area contributed by atoms with Gasteiger partial charge in [-0.15, -0.1) is 0 Å². The third kappa shape index (κ3) is 46.4. The Balaban J connectivity index is 3.65. The fourth-order valence-corrected chi connectivity index (χ4v) is 6.86. The average Bonchev–Trinajstić information content (AvgIpc) is 3.22. The second kappa shape index (κ2) is 45.0. The van der Waals surface area contributed by atoms with Crippen LogP contribution in [0.25, 0.3) is 0 Å². The Bertz CT molecular complexity index is 1190. The van der Waals surface area contributed by atoms with E-state index >= 15 is 0 Å². The Morgan fingerprint density at radius 3 is 1.49 bits per heavy atom. The van der Waals surface area contributed by atoms with E-state index in [1.165, 1.54) is 89.9 Å². The SMILES string of the molecule is CC/C=C\C/C=C\C/C=C\C/C=C\C/C=C\CCCCCC(=O)NCCOP(=O)(O)OCC(O)COC(=O)CCCCCCCCCCC/C=C/CCCCCCCC. The molecule has 0 fully saturated rings. The van der Waals surface area contributed by atoms with Crippen molar-refractivity contribution in [3.05, 3.63) is 72.9 Å². The molecule has 0 saturated heterocycles. The number of carbonyl (C=O) groups excluding carboxylic acids is 2. The van der Waals surface area contributed by atoms with Crippen molar-refractivity contribution < 1.29 is 37.9 Å². The molecule has 0 aromatic rings. The minimum absolute atomic E-state index is 0.0599. The molecule has 0 aliphatic rings. The lowest BCUT2D eigenvalue weighted by atomic mass is 10.1. The highest BCUT2D eigenvalue weighted by molar-refractivity contribution is 7.47. The van der Waals surface area contributed by atoms with Crippen LogP contribution in [0.3, 0.4) is 0 Å². The molecule has 0 bridgehead atoms. The summed E-state index contributed by atoms with van der Waals surface area (Å²) in [5.74, 6) is -0.553. The van der Waals surface area contributed by atoms with Gasteiger partial charge in [0.1, 0.15) is 12.7 Å². The van der Waals surface area contributed by atoms with Crippen molar-refractivity contribution in [2.45, 2.75) is 200 Å². The number of unbranched alkanes of at least 4 members (excludes halogenated alkanes) is 18. The number of esters is 1. The summed E-state index contributed by atoms with van der Waals surface area (Å²) >= 11 is 0. The summed E-state index contributed by atoms with van der Waals surface area (Å²) in [6.45, 7) is 3.39. The first-order valence-electron chi connectivity index (χ1n) is 23.4. The molecular formula is C49H86NO8P. The van der Waals surface area contributed by atoms with Gasteiger partial charge < -0.3 is 20.1 Å². The van der Waals surface area contributed by atoms with Gasteiger partial charge in [0.05, 0.1) is 13.2 Å². The molecule has 0 rings (SSSR count). The number of hydrogen-bond acceptors (Lipinski definition) is 7. The van der Waals surface area contributed by atoms with Crippen LogP contribution in [-0.4, -0.2) is 54.3 Å². The first-order chi connectivity index (χ1) is 28.8. The number of allylic oxidation sites excluding steroid dienone is 12. The van der Waals surface area contributed by atoms with Gasteiger partial charge in [-0.25, -0.2) is 4.57 Å². The highest BCUT2D eigenvalue weighted by Crippen LogP contribution is 2.42. The quantitative estimate of drug-likeness (QED) is 0.0239. The maximum atomic E-state index is 12.1. The molecule has 0 aromatic heterocycles. The van der Waals surface area contributed by atoms with Gasteiger partial charge in [0, 0.05) is 19.4 Å². The molecule has 9 nitrogen and oxygen atoms in total. The molecule has 0 heterocycles. The topological polar surface area (TPSA) is 131 Å². The van der Waals surface area contributed by atoms with Gasteiger partial charge in [-0.05, 0) is 83.5 Å². The Morgan fingerprint density at radius 2 is 0.966 bits per heavy atom. The van der Waals surface area contributed by atoms with Crippen molar-refractivity contribution in [2.24, 2.45) is 0 Å². The molecule has 0 spiro atoms. The fourth-order valence-electron chi connectivity index (χ4n) is 6.11. The van der Waals surface area contributed by atoms with Gasteiger partial charge in [-0.1, -0.05) is 170 Å². The van der Waals surface area contributed by atoms with E-state index < -0.39 is 26.5 Å². The Labute approximate surface area is 360 Å². The van der Waals surface area contributed by atoms with E-state index in [4.69, 9.17) is 13.8 Å². The lowest BCUT2D eigenvalue weighted by Gasteiger charge is -2.15. The number of ether oxygens (including phenoxy) is 1. The van der Waals surface area contributed by atoms with E-state index in [9.17, 15) is 24.2 Å². The molecule has 59 heavy (non-hydrogen) atoms. The van der Waals surface area contributed by atoms with Gasteiger partial charge in [-0.2, -0.15) is 0 Å². The molecular weight excluding hydrogens is 762 g/mol. The summed E-state index contributed by atoms with van der Waals surface area (Å²) in [6.07, 6.45) is 55.5. The Hall–Kier alpha value is -2.55. The Morgan fingerprint density at radius 1 is 0.542 bits per heavy atom. The van der Waals surface area contributed by atoms with Gasteiger partial charge in [0.15, 0.2) is 0 Å². The molecule has 340 valence electrons. The molecule has 3 N–H and O–H groups in total. The van der Waals surface area contributed by atoms with Gasteiger partial charge in [0.2, 0.25) is 5.91 Å². The van der Waals surface area contributed by atoms with Crippen LogP contribution in [0.15, 0.2) is 72.9 Å². The lowest BCUT2D eigenvalue weighted by molar-refractivity contribution is -0.147. The molecule has 0 aliphatic heterocycles. The predicted octanol–water partition coefficient (Wildman–Crippen LogP) is 13.4. The molecule has 2 unspecified atom stereocenters. The van der Waals surface area contributed by atoms with Crippen molar-refractivity contribution in [1.29, 1.82) is 0 Å². The molecule has 0 radical (unpaired) electrons. The number of amides is 1. The van der Waals surface area contributed by atoms with Crippen molar-refractivity contribution >= 4 is 19.7 Å². The molecule has 2 atom stereocenters. The smallest absolute Gasteiger partial charge is 0.463 e. The van der Waals surface area contributed by atoms with Crippen molar-refractivity contribution in [1.82, 2.24) is 5.32 Å². The van der Waals surface area contributed by atoms with Crippen LogP contribution in [0.4, 0.5) is 0 Å². The first-order valence-corrected chi connectivity index (χ1v) is 24.9. The van der Waals surface area contributed by atoms with Gasteiger partial charge in [-0.3, -0.25) is 18.6 Å². The summed E-state index contributed by atoms with van der Waals surface area (Å²) in [5, 5.41) is 12.7. The monoisotopic (exact) mass is 848 g/mol. The van der Waals surface area contributed by atoms with Crippen LogP contribution in [0.5, 0.6) is 0 Å². The fraction of sp³-hybridized carbons (Fsp3) is 0.714. The summed E-state index contributed by atoms with van der Waals surface area (Å²) in [7, 11) is -4.43. The number of phosphoric ester groups is 1. The second-order valence-electron chi connectivity index (χ2n) is 15.3. The average molecular weight is 848 g/mol. The van der Waals surface area contributed by atoms with Crippen LogP contribution in [0, 0.1) is 0 Å². The van der Waals surface area contributed by atoms with Crippen molar-refractivity contribution in [3.8, 4) is 0 Å². The molecule has 1 amide bonds. The molecule has 0 aromatic carbocycles. The van der Waals surface area contributed by atoms with Crippen molar-refractivity contribution in [3.63, 3.8) is 0 Å². The summed E-state index contributed by atoms with van der Waals surface area (Å²) in [4.78, 5) is 34.0. The van der Waals surface area contributed by atoms with Crippen LogP contribution in [-0.2, 0) is 27.9 Å². The maximum Gasteiger partial charge on any atom is 0.472 e. The standard InChI is InChI=1S/C49H86NO8P/c1-3-5-7-9-11-13-15-17-19-21-23-25-27-29-31-33-35-37-39-41-48(52)50-43-44-57-59(54,55)58-46-47(51)45-56-49(53)42-40-38-36-34-32-30-28-26-24-22-20-18-16-14-12-10-8-6-4-2/h5,7,11,13,17-20,23,25,29,31,47,51H,3-4,6,8-10,12,14-16,21-22,24,26-28,30,32-46H2,1-2H3,(H,50,52)(H,54,55)/b7-5-,13-11-,19-17-,20-18+,25-23-,31-29-. The number of nitrogens with one attached hydrogen (secondary N) is 1. The van der Waals surface area contributed by atoms with Crippen LogP contribution >= 0.6 is 7.82 Å². The largest absolute Gasteiger partial charge is 0.472 e. The maximum absolute atomic E-state index is 12.1. The third-order valence-electron chi connectivity index (χ3n) is 9.62. The number of carbonyl (C=O) groups is 2. The third-order valence-corrected chi connectivity index (χ3v) is 10.6. The van der Waals surface area contributed by atoms with E-state index in [0.29, 0.717) is 6.42 Å². The number of aliphatic hydroxyl groups is 1. The normalized spacial score (nSPS) is 13.9. The summed E-state index contributed by atoms with van der Waals surface area (Å²) in [6, 6.07) is 0. The van der Waals surface area contributed by atoms with E-state index in [1.54, 1.807) is 0 Å². The summed E-state index contributed by atoms with van der Waals surface area (Å²) in [5.41, 5.74) is 0. The molecule has 0 saturated carbocycles. The summed E-state index contributed by atoms with van der Waals surface area (Å²) < 4.78 is 26.9. The van der Waals surface area contributed by atoms with Gasteiger partial charge in [0.25, 0.3) is 0 Å². The van der Waals surface area contributed by atoms with E-state index in [2.05, 4.69) is 92.1 Å². The van der Waals surface area contributed by atoms with Crippen LogP contribution in [0.2, 0.25) is 0 Å². The van der Waals surface area contributed by atoms with Crippen LogP contribution < -0.4 is 5.32 Å². The lowest BCUT2D eigenvalue weighted by Crippen LogP contribution is -2.27. The molecule has 10 heteroatoms. The minimum atomic E-state index is -4.43. The number of aliphatic hydroxyl groups excluding tert-OH is 1. The second-order valence-corrected chi connectivity index (χ2v) is 16.8. The van der Waals surface area contributed by atoms with Crippen LogP contribution in [0.1, 0.15) is 194 Å². The first kappa shape index (κ1) is 56.5. The van der Waals surface area contributed by atoms with E-state index in [1.807, 2.05) is 0 Å². The number of phosphoric acid groups is 1.